The molecule has 1 amide bonds. The number of hydrogen-bond acceptors (Lipinski definition) is 7. The van der Waals surface area contributed by atoms with Crippen LogP contribution in [0.4, 0.5) is 0 Å². The number of rotatable bonds is 13. The summed E-state index contributed by atoms with van der Waals surface area (Å²) in [5.41, 5.74) is 6.43. The van der Waals surface area contributed by atoms with Crippen molar-refractivity contribution in [2.75, 3.05) is 20.8 Å². The summed E-state index contributed by atoms with van der Waals surface area (Å²) in [5, 5.41) is 7.65. The van der Waals surface area contributed by atoms with Crippen LogP contribution in [0, 0.1) is 5.92 Å². The minimum Gasteiger partial charge on any atom is -0.481 e. The molecule has 10 heteroatoms. The summed E-state index contributed by atoms with van der Waals surface area (Å²) >= 11 is 14.2. The van der Waals surface area contributed by atoms with Crippen molar-refractivity contribution in [1.29, 1.82) is 0 Å². The van der Waals surface area contributed by atoms with Crippen LogP contribution in [-0.2, 0) is 16.0 Å². The molecule has 6 rings (SSSR count). The molecule has 1 saturated heterocycles. The molecule has 0 radical (unpaired) electrons. The molecule has 4 aromatic rings. The topological polar surface area (TPSA) is 102 Å². The van der Waals surface area contributed by atoms with Crippen molar-refractivity contribution in [3.63, 3.8) is 0 Å². The van der Waals surface area contributed by atoms with Gasteiger partial charge in [-0.1, -0.05) is 65.7 Å². The van der Waals surface area contributed by atoms with Crippen LogP contribution in [0.1, 0.15) is 69.0 Å². The molecule has 2 aromatic heterocycles. The maximum Gasteiger partial charge on any atom is 0.220 e. The highest BCUT2D eigenvalue weighted by Gasteiger charge is 2.24. The molecule has 3 atom stereocenters. The van der Waals surface area contributed by atoms with Gasteiger partial charge < -0.3 is 20.1 Å². The van der Waals surface area contributed by atoms with Gasteiger partial charge in [0.05, 0.1) is 35.7 Å². The van der Waals surface area contributed by atoms with Gasteiger partial charge in [-0.2, -0.15) is 0 Å². The van der Waals surface area contributed by atoms with Crippen LogP contribution in [0.15, 0.2) is 60.7 Å². The van der Waals surface area contributed by atoms with Crippen LogP contribution < -0.4 is 20.1 Å². The molecule has 2 N–H and O–H groups in total. The highest BCUT2D eigenvalue weighted by atomic mass is 35.5. The smallest absolute Gasteiger partial charge is 0.220 e. The molecular formula is C39H42Cl2N4O4. The molecule has 0 spiro atoms. The summed E-state index contributed by atoms with van der Waals surface area (Å²) in [5.74, 6) is 1.95. The van der Waals surface area contributed by atoms with E-state index in [9.17, 15) is 9.59 Å². The average Bonchev–Trinajstić information content (AvgIpc) is 3.74. The lowest BCUT2D eigenvalue weighted by molar-refractivity contribution is -0.119. The Bertz CT molecular complexity index is 1850. The van der Waals surface area contributed by atoms with Gasteiger partial charge in [-0.3, -0.25) is 9.59 Å². The van der Waals surface area contributed by atoms with E-state index in [0.29, 0.717) is 64.2 Å². The number of halogens is 2. The number of carbonyl (C=O) groups excluding carboxylic acids is 2. The average molecular weight is 702 g/mol. The van der Waals surface area contributed by atoms with Crippen molar-refractivity contribution in [3.05, 3.63) is 81.8 Å². The van der Waals surface area contributed by atoms with Crippen molar-refractivity contribution < 1.29 is 19.1 Å². The summed E-state index contributed by atoms with van der Waals surface area (Å²) in [4.78, 5) is 32.9. The molecule has 2 fully saturated rings. The van der Waals surface area contributed by atoms with E-state index in [-0.39, 0.29) is 18.0 Å². The predicted molar refractivity (Wildman–Crippen MR) is 194 cm³/mol. The predicted octanol–water partition coefficient (Wildman–Crippen LogP) is 8.42. The van der Waals surface area contributed by atoms with Gasteiger partial charge in [0.15, 0.2) is 0 Å². The lowest BCUT2D eigenvalue weighted by Gasteiger charge is -2.20. The third-order valence-electron chi connectivity index (χ3n) is 9.67. The zero-order valence-corrected chi connectivity index (χ0v) is 29.7. The molecule has 0 unspecified atom stereocenters. The number of hydrogen-bond donors (Lipinski definition) is 2. The van der Waals surface area contributed by atoms with Crippen molar-refractivity contribution >= 4 is 34.9 Å². The van der Waals surface area contributed by atoms with Gasteiger partial charge >= 0.3 is 0 Å². The normalized spacial score (nSPS) is 18.1. The van der Waals surface area contributed by atoms with E-state index in [2.05, 4.69) is 17.6 Å². The monoisotopic (exact) mass is 700 g/mol. The highest BCUT2D eigenvalue weighted by molar-refractivity contribution is 6.39. The lowest BCUT2D eigenvalue weighted by Crippen LogP contribution is -2.25. The van der Waals surface area contributed by atoms with Gasteiger partial charge in [-0.05, 0) is 69.7 Å². The molecule has 2 aromatic carbocycles. The lowest BCUT2D eigenvalue weighted by atomic mass is 9.97. The van der Waals surface area contributed by atoms with E-state index in [1.165, 1.54) is 0 Å². The second-order valence-corrected chi connectivity index (χ2v) is 13.7. The zero-order chi connectivity index (χ0) is 34.5. The van der Waals surface area contributed by atoms with E-state index >= 15 is 0 Å². The first-order chi connectivity index (χ1) is 23.7. The zero-order valence-electron chi connectivity index (χ0n) is 28.2. The van der Waals surface area contributed by atoms with Crippen molar-refractivity contribution in [3.8, 4) is 45.4 Å². The first-order valence-corrected chi connectivity index (χ1v) is 17.7. The Balaban J connectivity index is 1.22. The summed E-state index contributed by atoms with van der Waals surface area (Å²) in [6.45, 7) is 2.86. The number of benzene rings is 2. The third kappa shape index (κ3) is 7.93. The van der Waals surface area contributed by atoms with Crippen LogP contribution in [0.2, 0.25) is 10.0 Å². The first kappa shape index (κ1) is 34.9. The number of aromatic nitrogens is 2. The summed E-state index contributed by atoms with van der Waals surface area (Å²) in [6, 6.07) is 19.9. The number of nitrogens with zero attached hydrogens (tertiary/aromatic N) is 2. The fourth-order valence-electron chi connectivity index (χ4n) is 6.91. The fraction of sp³-hybridized carbons (Fsp3) is 0.385. The first-order valence-electron chi connectivity index (χ1n) is 17.0. The number of carbonyl (C=O) groups is 2. The Hall–Kier alpha value is -3.98. The number of amides is 1. The van der Waals surface area contributed by atoms with Gasteiger partial charge in [-0.25, -0.2) is 9.97 Å². The van der Waals surface area contributed by atoms with E-state index in [4.69, 9.17) is 42.6 Å². The van der Waals surface area contributed by atoms with Crippen LogP contribution >= 0.6 is 23.2 Å². The quantitative estimate of drug-likeness (QED) is 0.144. The van der Waals surface area contributed by atoms with Crippen molar-refractivity contribution in [2.45, 2.75) is 70.4 Å². The number of ether oxygens (including phenoxy) is 2. The highest BCUT2D eigenvalue weighted by Crippen LogP contribution is 2.42. The van der Waals surface area contributed by atoms with Crippen LogP contribution in [0.5, 0.6) is 11.8 Å². The minimum absolute atomic E-state index is 0.00183. The van der Waals surface area contributed by atoms with Gasteiger partial charge in [0.25, 0.3) is 0 Å². The van der Waals surface area contributed by atoms with Crippen LogP contribution in [0.3, 0.4) is 0 Å². The largest absolute Gasteiger partial charge is 0.481 e. The Morgan fingerprint density at radius 1 is 0.837 bits per heavy atom. The molecule has 1 aliphatic heterocycles. The molecular weight excluding hydrogens is 659 g/mol. The maximum absolute atomic E-state index is 11.7. The minimum atomic E-state index is -0.00183. The number of Topliss-reactive ketones (excluding diaryl/α,β-unsaturated/α-hetero) is 1. The Labute approximate surface area is 297 Å². The number of pyridine rings is 2. The third-order valence-corrected chi connectivity index (χ3v) is 10.5. The number of aryl methyl sites for hydroxylation is 1. The second kappa shape index (κ2) is 15.7. The van der Waals surface area contributed by atoms with Gasteiger partial charge in [0, 0.05) is 64.7 Å². The summed E-state index contributed by atoms with van der Waals surface area (Å²) in [6.07, 6.45) is 6.44. The fourth-order valence-corrected chi connectivity index (χ4v) is 7.56. The second-order valence-electron chi connectivity index (χ2n) is 13.0. The number of methoxy groups -OCH3 is 2. The molecule has 1 saturated carbocycles. The molecule has 1 aliphatic carbocycles. The van der Waals surface area contributed by atoms with Crippen LogP contribution in [0.25, 0.3) is 33.6 Å². The van der Waals surface area contributed by atoms with E-state index in [1.54, 1.807) is 14.2 Å². The molecule has 2 aliphatic rings. The Kier molecular flexibility index (Phi) is 11.2. The van der Waals surface area contributed by atoms with Gasteiger partial charge in [0.2, 0.25) is 17.7 Å². The van der Waals surface area contributed by atoms with Gasteiger partial charge in [-0.15, -0.1) is 0 Å². The van der Waals surface area contributed by atoms with Gasteiger partial charge in [0.1, 0.15) is 5.78 Å². The summed E-state index contributed by atoms with van der Waals surface area (Å²) in [7, 11) is 3.25. The van der Waals surface area contributed by atoms with E-state index < -0.39 is 0 Å². The number of nitrogens with one attached hydrogen (secondary N) is 2. The molecule has 8 nitrogen and oxygen atoms in total. The maximum atomic E-state index is 11.7. The SMILES string of the molecule is COc1nc(-c2cccc(-c3cccc(-c4ccc([C@H](C)NC[C@@H]5CCC(=O)C5)c(OC)n4)c3Cl)c2Cl)ccc1CCC[C@@H]1CCC(=O)N1. The Morgan fingerprint density at radius 2 is 1.47 bits per heavy atom. The molecule has 3 heterocycles. The van der Waals surface area contributed by atoms with Crippen molar-refractivity contribution in [1.82, 2.24) is 20.6 Å². The van der Waals surface area contributed by atoms with Crippen LogP contribution in [-0.4, -0.2) is 48.5 Å². The molecule has 0 bridgehead atoms. The van der Waals surface area contributed by atoms with E-state index in [0.717, 1.165) is 72.0 Å². The Morgan fingerprint density at radius 3 is 2.06 bits per heavy atom. The summed E-state index contributed by atoms with van der Waals surface area (Å²) < 4.78 is 11.4. The standard InChI is InChI=1S/C39H42Cl2N4O4/c1-23(42-22-24-13-16-27(46)21-24)28-17-19-34(45-39(28)49-3)32-12-6-10-30(37(32)41)29-9-5-11-31(36(29)40)33-18-14-25(38(44-33)48-2)7-4-8-26-15-20-35(47)43-26/h5-6,9-12,14,17-19,23-24,26,42H,4,7-8,13,15-16,20-22H2,1-3H3,(H,43,47)/t23-,24+,26+/m0/s1. The molecule has 256 valence electrons. The number of ketones is 1. The molecule has 49 heavy (non-hydrogen) atoms. The van der Waals surface area contributed by atoms with Crippen molar-refractivity contribution in [2.24, 2.45) is 5.92 Å². The van der Waals surface area contributed by atoms with E-state index in [1.807, 2.05) is 60.7 Å².